The number of benzene rings is 1. The summed E-state index contributed by atoms with van der Waals surface area (Å²) in [6.07, 6.45) is 5.08. The van der Waals surface area contributed by atoms with E-state index in [1.165, 1.54) is 23.5 Å². The largest absolute Gasteiger partial charge is 0.346 e. The zero-order valence-corrected chi connectivity index (χ0v) is 14.6. The molecule has 0 radical (unpaired) electrons. The third kappa shape index (κ3) is 3.21. The van der Waals surface area contributed by atoms with Gasteiger partial charge in [0.25, 0.3) is 5.91 Å². The maximum absolute atomic E-state index is 13.4. The number of nitrogens with one attached hydrogen (secondary N) is 1. The van der Waals surface area contributed by atoms with Crippen LogP contribution in [0, 0.1) is 5.82 Å². The molecule has 0 spiro atoms. The van der Waals surface area contributed by atoms with Crippen LogP contribution in [0.3, 0.4) is 0 Å². The van der Waals surface area contributed by atoms with E-state index in [1.54, 1.807) is 30.2 Å². The molecule has 130 valence electrons. The van der Waals surface area contributed by atoms with Crippen molar-refractivity contribution in [1.82, 2.24) is 19.9 Å². The van der Waals surface area contributed by atoms with Crippen molar-refractivity contribution in [2.24, 2.45) is 7.05 Å². The van der Waals surface area contributed by atoms with Crippen LogP contribution in [-0.4, -0.2) is 39.6 Å². The Hall–Kier alpha value is -2.48. The van der Waals surface area contributed by atoms with Crippen molar-refractivity contribution in [3.63, 3.8) is 0 Å². The normalized spacial score (nSPS) is 17.8. The second kappa shape index (κ2) is 6.44. The molecule has 8 heteroatoms. The molecule has 1 N–H and O–H groups in total. The van der Waals surface area contributed by atoms with Crippen molar-refractivity contribution < 1.29 is 9.18 Å². The predicted octanol–water partition coefficient (Wildman–Crippen LogP) is 2.57. The average molecular weight is 359 g/mol. The first-order chi connectivity index (χ1) is 12.1. The molecule has 1 amide bonds. The van der Waals surface area contributed by atoms with Crippen molar-refractivity contribution in [2.75, 3.05) is 18.0 Å². The van der Waals surface area contributed by atoms with E-state index < -0.39 is 0 Å². The van der Waals surface area contributed by atoms with E-state index in [0.717, 1.165) is 34.7 Å². The summed E-state index contributed by atoms with van der Waals surface area (Å²) < 4.78 is 15.9. The van der Waals surface area contributed by atoms with Gasteiger partial charge in [0.05, 0.1) is 22.7 Å². The van der Waals surface area contributed by atoms with Crippen LogP contribution in [0.15, 0.2) is 30.7 Å². The molecular formula is C17H18FN5OS. The van der Waals surface area contributed by atoms with Crippen LogP contribution >= 0.6 is 11.3 Å². The summed E-state index contributed by atoms with van der Waals surface area (Å²) >= 11 is 1.49. The van der Waals surface area contributed by atoms with Crippen LogP contribution in [0.5, 0.6) is 0 Å². The number of carbonyl (C=O) groups excluding carboxylic acids is 1. The number of hydrogen-bond donors (Lipinski definition) is 1. The van der Waals surface area contributed by atoms with Gasteiger partial charge in [-0.25, -0.2) is 14.4 Å². The van der Waals surface area contributed by atoms with Crippen molar-refractivity contribution in [3.8, 4) is 0 Å². The highest BCUT2D eigenvalue weighted by Crippen LogP contribution is 2.31. The molecule has 1 aliphatic heterocycles. The van der Waals surface area contributed by atoms with Gasteiger partial charge in [0.15, 0.2) is 5.13 Å². The number of aryl methyl sites for hydroxylation is 1. The maximum Gasteiger partial charge on any atom is 0.269 e. The van der Waals surface area contributed by atoms with Crippen molar-refractivity contribution in [2.45, 2.75) is 18.9 Å². The fourth-order valence-electron chi connectivity index (χ4n) is 3.13. The Balaban J connectivity index is 1.48. The molecule has 25 heavy (non-hydrogen) atoms. The molecule has 1 saturated heterocycles. The van der Waals surface area contributed by atoms with Gasteiger partial charge in [0.2, 0.25) is 0 Å². The first-order valence-electron chi connectivity index (χ1n) is 8.18. The lowest BCUT2D eigenvalue weighted by Crippen LogP contribution is -2.48. The van der Waals surface area contributed by atoms with Gasteiger partial charge in [0.1, 0.15) is 11.5 Å². The van der Waals surface area contributed by atoms with Crippen molar-refractivity contribution in [3.05, 3.63) is 42.2 Å². The Bertz CT molecular complexity index is 921. The highest BCUT2D eigenvalue weighted by atomic mass is 32.1. The SMILES string of the molecule is Cn1cncc1C(=O)NC1CCCN(c2nc3ccc(F)cc3s2)C1. The van der Waals surface area contributed by atoms with Crippen LogP contribution in [0.1, 0.15) is 23.3 Å². The Kier molecular flexibility index (Phi) is 4.12. The number of amides is 1. The quantitative estimate of drug-likeness (QED) is 0.781. The van der Waals surface area contributed by atoms with E-state index >= 15 is 0 Å². The van der Waals surface area contributed by atoms with Gasteiger partial charge < -0.3 is 14.8 Å². The standard InChI is InChI=1S/C17H18FN5OS/c1-22-10-19-8-14(22)16(24)20-12-3-2-6-23(9-12)17-21-13-5-4-11(18)7-15(13)25-17/h4-5,7-8,10,12H,2-3,6,9H2,1H3,(H,20,24). The molecule has 3 aromatic rings. The molecule has 1 unspecified atom stereocenters. The van der Waals surface area contributed by atoms with E-state index in [4.69, 9.17) is 0 Å². The number of aromatic nitrogens is 3. The summed E-state index contributed by atoms with van der Waals surface area (Å²) in [4.78, 5) is 23.1. The molecule has 1 atom stereocenters. The topological polar surface area (TPSA) is 63.1 Å². The van der Waals surface area contributed by atoms with E-state index in [9.17, 15) is 9.18 Å². The molecular weight excluding hydrogens is 341 g/mol. The maximum atomic E-state index is 13.4. The zero-order chi connectivity index (χ0) is 17.4. The van der Waals surface area contributed by atoms with Gasteiger partial charge in [-0.2, -0.15) is 0 Å². The fourth-order valence-corrected chi connectivity index (χ4v) is 4.15. The number of halogens is 1. The number of piperidine rings is 1. The summed E-state index contributed by atoms with van der Waals surface area (Å²) in [6, 6.07) is 4.71. The first kappa shape index (κ1) is 16.0. The lowest BCUT2D eigenvalue weighted by Gasteiger charge is -2.32. The second-order valence-corrected chi connectivity index (χ2v) is 7.27. The smallest absolute Gasteiger partial charge is 0.269 e. The molecule has 4 rings (SSSR count). The van der Waals surface area contributed by atoms with E-state index in [0.29, 0.717) is 12.2 Å². The minimum Gasteiger partial charge on any atom is -0.346 e. The third-order valence-electron chi connectivity index (χ3n) is 4.42. The molecule has 3 heterocycles. The third-order valence-corrected chi connectivity index (χ3v) is 5.49. The van der Waals surface area contributed by atoms with E-state index in [1.807, 2.05) is 0 Å². The molecule has 6 nitrogen and oxygen atoms in total. The highest BCUT2D eigenvalue weighted by Gasteiger charge is 2.24. The molecule has 0 saturated carbocycles. The van der Waals surface area contributed by atoms with Gasteiger partial charge >= 0.3 is 0 Å². The fraction of sp³-hybridized carbons (Fsp3) is 0.353. The molecule has 2 aromatic heterocycles. The monoisotopic (exact) mass is 359 g/mol. The number of nitrogens with zero attached hydrogens (tertiary/aromatic N) is 4. The minimum atomic E-state index is -0.248. The Morgan fingerprint density at radius 2 is 2.32 bits per heavy atom. The Morgan fingerprint density at radius 1 is 1.44 bits per heavy atom. The number of rotatable bonds is 3. The molecule has 1 aromatic carbocycles. The van der Waals surface area contributed by atoms with Crippen LogP contribution in [-0.2, 0) is 7.05 Å². The first-order valence-corrected chi connectivity index (χ1v) is 9.00. The zero-order valence-electron chi connectivity index (χ0n) is 13.8. The lowest BCUT2D eigenvalue weighted by molar-refractivity contribution is 0.0925. The molecule has 0 aliphatic carbocycles. The molecule has 1 fully saturated rings. The van der Waals surface area contributed by atoms with Gasteiger partial charge in [0, 0.05) is 26.2 Å². The van der Waals surface area contributed by atoms with E-state index in [-0.39, 0.29) is 17.8 Å². The van der Waals surface area contributed by atoms with Crippen molar-refractivity contribution >= 4 is 32.6 Å². The molecule has 1 aliphatic rings. The number of carbonyl (C=O) groups is 1. The van der Waals surface area contributed by atoms with Crippen LogP contribution < -0.4 is 10.2 Å². The Labute approximate surface area is 148 Å². The highest BCUT2D eigenvalue weighted by molar-refractivity contribution is 7.22. The van der Waals surface area contributed by atoms with Gasteiger partial charge in [-0.3, -0.25) is 4.79 Å². The van der Waals surface area contributed by atoms with Gasteiger partial charge in [-0.15, -0.1) is 0 Å². The van der Waals surface area contributed by atoms with Crippen LogP contribution in [0.4, 0.5) is 9.52 Å². The second-order valence-electron chi connectivity index (χ2n) is 6.26. The Morgan fingerprint density at radius 3 is 3.12 bits per heavy atom. The summed E-state index contributed by atoms with van der Waals surface area (Å²) in [7, 11) is 1.80. The number of hydrogen-bond acceptors (Lipinski definition) is 5. The summed E-state index contributed by atoms with van der Waals surface area (Å²) in [5.74, 6) is -0.360. The molecule has 0 bridgehead atoms. The van der Waals surface area contributed by atoms with Crippen LogP contribution in [0.2, 0.25) is 0 Å². The number of fused-ring (bicyclic) bond motifs is 1. The predicted molar refractivity (Wildman–Crippen MR) is 95.5 cm³/mol. The van der Waals surface area contributed by atoms with Crippen molar-refractivity contribution in [1.29, 1.82) is 0 Å². The van der Waals surface area contributed by atoms with Gasteiger partial charge in [-0.1, -0.05) is 11.3 Å². The van der Waals surface area contributed by atoms with E-state index in [2.05, 4.69) is 20.2 Å². The summed E-state index contributed by atoms with van der Waals surface area (Å²) in [6.45, 7) is 1.59. The van der Waals surface area contributed by atoms with Crippen LogP contribution in [0.25, 0.3) is 10.2 Å². The summed E-state index contributed by atoms with van der Waals surface area (Å²) in [5.41, 5.74) is 1.36. The number of anilines is 1. The minimum absolute atomic E-state index is 0.0555. The lowest BCUT2D eigenvalue weighted by atomic mass is 10.1. The summed E-state index contributed by atoms with van der Waals surface area (Å²) in [5, 5.41) is 3.96. The number of thiazole rings is 1. The number of imidazole rings is 1. The average Bonchev–Trinajstić information content (AvgIpc) is 3.20. The van der Waals surface area contributed by atoms with Gasteiger partial charge in [-0.05, 0) is 31.0 Å².